The van der Waals surface area contributed by atoms with E-state index in [1.807, 2.05) is 0 Å². The normalized spacial score (nSPS) is 16.1. The Bertz CT molecular complexity index is 478. The molecule has 1 fully saturated rings. The Morgan fingerprint density at radius 3 is 2.87 bits per heavy atom. The van der Waals surface area contributed by atoms with Crippen LogP contribution in [0.3, 0.4) is 0 Å². The topological polar surface area (TPSA) is 41.6 Å². The molecule has 15 heavy (non-hydrogen) atoms. The quantitative estimate of drug-likeness (QED) is 0.821. The minimum absolute atomic E-state index is 0.314. The van der Waals surface area contributed by atoms with Gasteiger partial charge in [0.2, 0.25) is 0 Å². The summed E-state index contributed by atoms with van der Waals surface area (Å²) in [6.45, 7) is 0. The molecule has 0 radical (unpaired) electrons. The summed E-state index contributed by atoms with van der Waals surface area (Å²) in [7, 11) is 0. The van der Waals surface area contributed by atoms with Crippen molar-refractivity contribution in [2.24, 2.45) is 5.92 Å². The number of aromatic amines is 1. The molecule has 1 aliphatic rings. The van der Waals surface area contributed by atoms with Gasteiger partial charge in [-0.2, -0.15) is 0 Å². The van der Waals surface area contributed by atoms with Crippen molar-refractivity contribution in [3.8, 4) is 0 Å². The maximum absolute atomic E-state index is 5.87. The smallest absolute Gasteiger partial charge is 0.179 e. The lowest BCUT2D eigenvalue weighted by atomic mass is 10.3. The largest absolute Gasteiger partial charge is 0.341 e. The fraction of sp³-hybridized carbons (Fsp3) is 0.400. The SMILES string of the molecule is Clc1cc2[nH]c(CC3CC3)nc2nc1Cl. The molecular formula is C10H9Cl2N3. The van der Waals surface area contributed by atoms with Crippen molar-refractivity contribution in [2.45, 2.75) is 19.3 Å². The molecule has 2 heterocycles. The molecule has 0 saturated heterocycles. The summed E-state index contributed by atoms with van der Waals surface area (Å²) in [5.74, 6) is 1.79. The van der Waals surface area contributed by atoms with Crippen LogP contribution >= 0.6 is 23.2 Å². The number of imidazole rings is 1. The lowest BCUT2D eigenvalue weighted by molar-refractivity contribution is 0.787. The zero-order chi connectivity index (χ0) is 10.4. The van der Waals surface area contributed by atoms with E-state index in [1.54, 1.807) is 6.07 Å². The first-order valence-corrected chi connectivity index (χ1v) is 5.68. The molecule has 2 aromatic heterocycles. The van der Waals surface area contributed by atoms with Crippen LogP contribution in [0.25, 0.3) is 11.2 Å². The number of nitrogens with zero attached hydrogens (tertiary/aromatic N) is 2. The highest BCUT2D eigenvalue weighted by Gasteiger charge is 2.23. The Balaban J connectivity index is 2.04. The molecule has 1 N–H and O–H groups in total. The number of halogens is 2. The monoisotopic (exact) mass is 241 g/mol. The zero-order valence-corrected chi connectivity index (χ0v) is 9.44. The van der Waals surface area contributed by atoms with Gasteiger partial charge in [-0.1, -0.05) is 23.2 Å². The molecule has 0 atom stereocenters. The predicted octanol–water partition coefficient (Wildman–Crippen LogP) is 3.22. The number of aromatic nitrogens is 3. The van der Waals surface area contributed by atoms with Crippen LogP contribution in [0, 0.1) is 5.92 Å². The van der Waals surface area contributed by atoms with Crippen LogP contribution in [-0.2, 0) is 6.42 Å². The molecule has 1 saturated carbocycles. The Labute approximate surface area is 96.8 Å². The van der Waals surface area contributed by atoms with Crippen molar-refractivity contribution < 1.29 is 0 Å². The van der Waals surface area contributed by atoms with Crippen LogP contribution in [0.5, 0.6) is 0 Å². The Kier molecular flexibility index (Phi) is 2.11. The van der Waals surface area contributed by atoms with E-state index in [0.29, 0.717) is 15.8 Å². The molecular weight excluding hydrogens is 233 g/mol. The number of nitrogens with one attached hydrogen (secondary N) is 1. The molecule has 0 aliphatic heterocycles. The third kappa shape index (κ3) is 1.82. The molecule has 0 amide bonds. The first kappa shape index (κ1) is 9.43. The summed E-state index contributed by atoms with van der Waals surface area (Å²) in [4.78, 5) is 11.7. The van der Waals surface area contributed by atoms with Gasteiger partial charge in [0, 0.05) is 6.42 Å². The van der Waals surface area contributed by atoms with Gasteiger partial charge in [-0.15, -0.1) is 0 Å². The van der Waals surface area contributed by atoms with Crippen molar-refractivity contribution in [1.82, 2.24) is 15.0 Å². The summed E-state index contributed by atoms with van der Waals surface area (Å²) in [5, 5.41) is 0.777. The van der Waals surface area contributed by atoms with E-state index in [2.05, 4.69) is 15.0 Å². The second kappa shape index (κ2) is 3.35. The zero-order valence-electron chi connectivity index (χ0n) is 7.93. The standard InChI is InChI=1S/C10H9Cl2N3/c11-6-4-7-10(15-9(6)12)14-8(13-7)3-5-1-2-5/h4-5H,1-3H2,(H,13,14,15). The van der Waals surface area contributed by atoms with Crippen molar-refractivity contribution in [3.05, 3.63) is 22.1 Å². The van der Waals surface area contributed by atoms with Crippen LogP contribution < -0.4 is 0 Å². The first-order chi connectivity index (χ1) is 7.22. The van der Waals surface area contributed by atoms with Gasteiger partial charge < -0.3 is 4.98 Å². The summed E-state index contributed by atoms with van der Waals surface area (Å²) in [5.41, 5.74) is 1.51. The molecule has 0 unspecified atom stereocenters. The second-order valence-corrected chi connectivity index (χ2v) is 4.73. The fourth-order valence-electron chi connectivity index (χ4n) is 1.64. The molecule has 3 rings (SSSR count). The van der Waals surface area contributed by atoms with Crippen LogP contribution in [0.15, 0.2) is 6.07 Å². The summed E-state index contributed by atoms with van der Waals surface area (Å²) >= 11 is 11.7. The van der Waals surface area contributed by atoms with E-state index in [0.717, 1.165) is 23.7 Å². The highest BCUT2D eigenvalue weighted by molar-refractivity contribution is 6.41. The lowest BCUT2D eigenvalue weighted by Gasteiger charge is -1.92. The van der Waals surface area contributed by atoms with E-state index in [-0.39, 0.29) is 0 Å². The fourth-order valence-corrected chi connectivity index (χ4v) is 1.92. The molecule has 0 bridgehead atoms. The number of H-pyrrole nitrogens is 1. The van der Waals surface area contributed by atoms with E-state index in [4.69, 9.17) is 23.2 Å². The van der Waals surface area contributed by atoms with Crippen molar-refractivity contribution in [1.29, 1.82) is 0 Å². The van der Waals surface area contributed by atoms with Gasteiger partial charge in [-0.3, -0.25) is 0 Å². The highest BCUT2D eigenvalue weighted by atomic mass is 35.5. The third-order valence-electron chi connectivity index (χ3n) is 2.61. The lowest BCUT2D eigenvalue weighted by Crippen LogP contribution is -1.88. The first-order valence-electron chi connectivity index (χ1n) is 4.93. The van der Waals surface area contributed by atoms with Crippen molar-refractivity contribution >= 4 is 34.4 Å². The summed E-state index contributed by atoms with van der Waals surface area (Å²) < 4.78 is 0. The molecule has 0 aromatic carbocycles. The van der Waals surface area contributed by atoms with Gasteiger partial charge in [-0.25, -0.2) is 9.97 Å². The maximum atomic E-state index is 5.87. The average Bonchev–Trinajstić information content (AvgIpc) is 2.89. The predicted molar refractivity (Wildman–Crippen MR) is 60.3 cm³/mol. The molecule has 1 aliphatic carbocycles. The van der Waals surface area contributed by atoms with E-state index in [9.17, 15) is 0 Å². The van der Waals surface area contributed by atoms with E-state index >= 15 is 0 Å². The van der Waals surface area contributed by atoms with Crippen molar-refractivity contribution in [3.63, 3.8) is 0 Å². The highest BCUT2D eigenvalue weighted by Crippen LogP contribution is 2.32. The summed E-state index contributed by atoms with van der Waals surface area (Å²) in [6, 6.07) is 1.77. The number of pyridine rings is 1. The van der Waals surface area contributed by atoms with E-state index < -0.39 is 0 Å². The van der Waals surface area contributed by atoms with Crippen LogP contribution in [0.2, 0.25) is 10.2 Å². The van der Waals surface area contributed by atoms with E-state index in [1.165, 1.54) is 12.8 Å². The van der Waals surface area contributed by atoms with Gasteiger partial charge in [0.05, 0.1) is 10.5 Å². The third-order valence-corrected chi connectivity index (χ3v) is 3.28. The molecule has 3 nitrogen and oxygen atoms in total. The Morgan fingerprint density at radius 2 is 2.13 bits per heavy atom. The van der Waals surface area contributed by atoms with Gasteiger partial charge >= 0.3 is 0 Å². The minimum Gasteiger partial charge on any atom is -0.341 e. The molecule has 5 heteroatoms. The van der Waals surface area contributed by atoms with Gasteiger partial charge in [0.15, 0.2) is 5.65 Å². The molecule has 2 aromatic rings. The maximum Gasteiger partial charge on any atom is 0.179 e. The molecule has 78 valence electrons. The minimum atomic E-state index is 0.314. The Morgan fingerprint density at radius 1 is 1.33 bits per heavy atom. The van der Waals surface area contributed by atoms with Gasteiger partial charge in [0.25, 0.3) is 0 Å². The van der Waals surface area contributed by atoms with Crippen molar-refractivity contribution in [2.75, 3.05) is 0 Å². The van der Waals surface area contributed by atoms with Crippen LogP contribution in [0.4, 0.5) is 0 Å². The number of rotatable bonds is 2. The average molecular weight is 242 g/mol. The van der Waals surface area contributed by atoms with Gasteiger partial charge in [-0.05, 0) is 24.8 Å². The summed E-state index contributed by atoms with van der Waals surface area (Å²) in [6.07, 6.45) is 3.63. The molecule has 0 spiro atoms. The van der Waals surface area contributed by atoms with Crippen LogP contribution in [0.1, 0.15) is 18.7 Å². The van der Waals surface area contributed by atoms with Gasteiger partial charge in [0.1, 0.15) is 11.0 Å². The van der Waals surface area contributed by atoms with Crippen LogP contribution in [-0.4, -0.2) is 15.0 Å². The number of hydrogen-bond donors (Lipinski definition) is 1. The number of fused-ring (bicyclic) bond motifs is 1. The second-order valence-electron chi connectivity index (χ2n) is 3.96. The Hall–Kier alpha value is -0.800. The number of hydrogen-bond acceptors (Lipinski definition) is 2.